The number of thiol groups is 1. The van der Waals surface area contributed by atoms with E-state index < -0.39 is 4.93 Å². The minimum Gasteiger partial charge on any atom is -0.380 e. The Morgan fingerprint density at radius 1 is 1.36 bits per heavy atom. The second-order valence-electron chi connectivity index (χ2n) is 3.94. The highest BCUT2D eigenvalue weighted by molar-refractivity contribution is 7.81. The molecule has 0 radical (unpaired) electrons. The minimum atomic E-state index is -0.682. The van der Waals surface area contributed by atoms with Crippen LogP contribution < -0.4 is 0 Å². The van der Waals surface area contributed by atoms with E-state index in [1.165, 1.54) is 12.8 Å². The van der Waals surface area contributed by atoms with Crippen LogP contribution in [0, 0.1) is 0 Å². The molecule has 2 aliphatic heterocycles. The molecule has 0 amide bonds. The van der Waals surface area contributed by atoms with Gasteiger partial charge in [0.05, 0.1) is 0 Å². The highest BCUT2D eigenvalue weighted by atomic mass is 32.1. The summed E-state index contributed by atoms with van der Waals surface area (Å²) in [4.78, 5) is 1.71. The molecule has 2 bridgehead atoms. The fraction of sp³-hybridized carbons (Fsp3) is 1.00. The van der Waals surface area contributed by atoms with Crippen molar-refractivity contribution in [3.05, 3.63) is 0 Å². The lowest BCUT2D eigenvalue weighted by molar-refractivity contribution is 0.0264. The van der Waals surface area contributed by atoms with Crippen molar-refractivity contribution in [2.45, 2.75) is 42.7 Å². The topological polar surface area (TPSA) is 23.5 Å². The third-order valence-corrected chi connectivity index (χ3v) is 3.48. The predicted molar refractivity (Wildman–Crippen MR) is 47.7 cm³/mol. The fourth-order valence-electron chi connectivity index (χ4n) is 2.42. The first-order valence-electron chi connectivity index (χ1n) is 4.25. The molecule has 2 atom stereocenters. The van der Waals surface area contributed by atoms with Gasteiger partial charge < -0.3 is 10.0 Å². The van der Waals surface area contributed by atoms with Crippen LogP contribution in [0.25, 0.3) is 0 Å². The van der Waals surface area contributed by atoms with Gasteiger partial charge in [-0.1, -0.05) is 0 Å². The average Bonchev–Trinajstić information content (AvgIpc) is 2.19. The molecule has 0 aliphatic carbocycles. The van der Waals surface area contributed by atoms with E-state index in [4.69, 9.17) is 0 Å². The summed E-state index contributed by atoms with van der Waals surface area (Å²) in [7, 11) is 2.16. The Morgan fingerprint density at radius 3 is 2.27 bits per heavy atom. The van der Waals surface area contributed by atoms with E-state index in [0.29, 0.717) is 12.1 Å². The third kappa shape index (κ3) is 1.30. The van der Waals surface area contributed by atoms with Crippen LogP contribution in [-0.2, 0) is 0 Å². The molecule has 0 aromatic carbocycles. The van der Waals surface area contributed by atoms with Crippen LogP contribution in [0.15, 0.2) is 0 Å². The number of piperidine rings is 1. The summed E-state index contributed by atoms with van der Waals surface area (Å²) in [5.41, 5.74) is 0. The summed E-state index contributed by atoms with van der Waals surface area (Å²) in [6, 6.07) is 1.16. The van der Waals surface area contributed by atoms with Crippen LogP contribution in [0.2, 0.25) is 0 Å². The van der Waals surface area contributed by atoms with Crippen molar-refractivity contribution in [1.82, 2.24) is 4.90 Å². The molecule has 3 heteroatoms. The van der Waals surface area contributed by atoms with Crippen molar-refractivity contribution in [2.24, 2.45) is 0 Å². The van der Waals surface area contributed by atoms with Gasteiger partial charge in [-0.3, -0.25) is 0 Å². The summed E-state index contributed by atoms with van der Waals surface area (Å²) in [5, 5.41) is 9.71. The molecule has 2 heterocycles. The molecule has 2 rings (SSSR count). The number of hydrogen-bond acceptors (Lipinski definition) is 3. The van der Waals surface area contributed by atoms with Crippen molar-refractivity contribution < 1.29 is 5.11 Å². The zero-order valence-corrected chi connectivity index (χ0v) is 7.72. The maximum absolute atomic E-state index is 9.71. The molecule has 0 aromatic rings. The Labute approximate surface area is 73.0 Å². The van der Waals surface area contributed by atoms with Crippen LogP contribution in [0.1, 0.15) is 25.7 Å². The van der Waals surface area contributed by atoms with E-state index >= 15 is 0 Å². The summed E-state index contributed by atoms with van der Waals surface area (Å²) in [5.74, 6) is 0. The Morgan fingerprint density at radius 2 is 1.82 bits per heavy atom. The van der Waals surface area contributed by atoms with Gasteiger partial charge >= 0.3 is 0 Å². The van der Waals surface area contributed by atoms with Gasteiger partial charge in [-0.05, 0) is 19.9 Å². The summed E-state index contributed by atoms with van der Waals surface area (Å²) in [6.45, 7) is 0. The number of hydrogen-bond donors (Lipinski definition) is 2. The van der Waals surface area contributed by atoms with Gasteiger partial charge in [0.1, 0.15) is 4.93 Å². The Kier molecular flexibility index (Phi) is 1.71. The molecule has 2 fully saturated rings. The van der Waals surface area contributed by atoms with Crippen LogP contribution in [-0.4, -0.2) is 34.1 Å². The molecule has 2 saturated heterocycles. The quantitative estimate of drug-likeness (QED) is 0.419. The highest BCUT2D eigenvalue weighted by Gasteiger charge is 2.43. The Hall–Kier alpha value is 0.270. The molecule has 0 saturated carbocycles. The van der Waals surface area contributed by atoms with Crippen molar-refractivity contribution in [2.75, 3.05) is 7.05 Å². The number of rotatable bonds is 0. The number of aliphatic hydroxyl groups is 1. The average molecular weight is 173 g/mol. The summed E-state index contributed by atoms with van der Waals surface area (Å²) in [6.07, 6.45) is 4.15. The van der Waals surface area contributed by atoms with Crippen LogP contribution in [0.3, 0.4) is 0 Å². The highest BCUT2D eigenvalue weighted by Crippen LogP contribution is 2.41. The molecule has 0 aromatic heterocycles. The van der Waals surface area contributed by atoms with E-state index in [0.717, 1.165) is 12.8 Å². The molecule has 0 spiro atoms. The first-order chi connectivity index (χ1) is 5.08. The first-order valence-corrected chi connectivity index (χ1v) is 4.70. The lowest BCUT2D eigenvalue weighted by atomic mass is 10.0. The Bertz CT molecular complexity index is 155. The van der Waals surface area contributed by atoms with Gasteiger partial charge in [0.15, 0.2) is 0 Å². The van der Waals surface area contributed by atoms with E-state index in [1.807, 2.05) is 0 Å². The van der Waals surface area contributed by atoms with E-state index in [2.05, 4.69) is 24.6 Å². The standard InChI is InChI=1S/C8H15NOS/c1-9-6-2-3-7(9)5-8(10,11)4-6/h6-7,10-11H,2-5H2,1H3. The summed E-state index contributed by atoms with van der Waals surface area (Å²) < 4.78 is 0. The maximum atomic E-state index is 9.71. The zero-order chi connectivity index (χ0) is 8.06. The second-order valence-corrected chi connectivity index (χ2v) is 4.77. The zero-order valence-electron chi connectivity index (χ0n) is 6.82. The number of fused-ring (bicyclic) bond motifs is 2. The second kappa shape index (κ2) is 2.38. The van der Waals surface area contributed by atoms with E-state index in [1.54, 1.807) is 0 Å². The molecular weight excluding hydrogens is 158 g/mol. The van der Waals surface area contributed by atoms with E-state index in [9.17, 15) is 5.11 Å². The monoisotopic (exact) mass is 173 g/mol. The van der Waals surface area contributed by atoms with Gasteiger partial charge in [0.25, 0.3) is 0 Å². The largest absolute Gasteiger partial charge is 0.380 e. The molecule has 11 heavy (non-hydrogen) atoms. The molecule has 2 aliphatic rings. The molecule has 1 N–H and O–H groups in total. The normalized spacial score (nSPS) is 51.5. The van der Waals surface area contributed by atoms with Gasteiger partial charge in [0, 0.05) is 24.9 Å². The lowest BCUT2D eigenvalue weighted by Crippen LogP contribution is -2.46. The SMILES string of the molecule is CN1C2CCC1CC(O)(S)C2. The van der Waals surface area contributed by atoms with Crippen molar-refractivity contribution >= 4 is 12.6 Å². The van der Waals surface area contributed by atoms with Crippen LogP contribution >= 0.6 is 12.6 Å². The fourth-order valence-corrected chi connectivity index (χ4v) is 2.84. The smallest absolute Gasteiger partial charge is 0.110 e. The van der Waals surface area contributed by atoms with Crippen molar-refractivity contribution in [1.29, 1.82) is 0 Å². The molecule has 64 valence electrons. The first kappa shape index (κ1) is 7.90. The van der Waals surface area contributed by atoms with Crippen molar-refractivity contribution in [3.63, 3.8) is 0 Å². The summed E-state index contributed by atoms with van der Waals surface area (Å²) >= 11 is 4.25. The van der Waals surface area contributed by atoms with Crippen LogP contribution in [0.4, 0.5) is 0 Å². The van der Waals surface area contributed by atoms with Gasteiger partial charge in [-0.25, -0.2) is 0 Å². The third-order valence-electron chi connectivity index (χ3n) is 3.11. The van der Waals surface area contributed by atoms with Gasteiger partial charge in [0.2, 0.25) is 0 Å². The number of nitrogens with zero attached hydrogens (tertiary/aromatic N) is 1. The lowest BCUT2D eigenvalue weighted by Gasteiger charge is -2.39. The maximum Gasteiger partial charge on any atom is 0.110 e. The molecular formula is C8H15NOS. The minimum absolute atomic E-state index is 0.580. The molecule has 2 nitrogen and oxygen atoms in total. The van der Waals surface area contributed by atoms with Crippen molar-refractivity contribution in [3.8, 4) is 0 Å². The Balaban J connectivity index is 2.14. The molecule has 2 unspecified atom stereocenters. The predicted octanol–water partition coefficient (Wildman–Crippen LogP) is 0.861. The van der Waals surface area contributed by atoms with Gasteiger partial charge in [-0.15, -0.1) is 12.6 Å². The van der Waals surface area contributed by atoms with E-state index in [-0.39, 0.29) is 0 Å². The van der Waals surface area contributed by atoms with Gasteiger partial charge in [-0.2, -0.15) is 0 Å². The van der Waals surface area contributed by atoms with Crippen LogP contribution in [0.5, 0.6) is 0 Å².